The zero-order valence-electron chi connectivity index (χ0n) is 19.6. The van der Waals surface area contributed by atoms with Gasteiger partial charge < -0.3 is 19.6 Å². The predicted octanol–water partition coefficient (Wildman–Crippen LogP) is 4.72. The smallest absolute Gasteiger partial charge is 0.254 e. The van der Waals surface area contributed by atoms with Crippen LogP contribution in [0, 0.1) is 23.2 Å². The normalized spacial score (nSPS) is 21.7. The average Bonchev–Trinajstić information content (AvgIpc) is 3.58. The maximum absolute atomic E-state index is 9.75. The molecule has 0 fully saturated rings. The Kier molecular flexibility index (Phi) is 6.03. The molecule has 2 heterocycles. The van der Waals surface area contributed by atoms with Crippen LogP contribution in [0.15, 0.2) is 53.2 Å². The van der Waals surface area contributed by atoms with Crippen molar-refractivity contribution < 1.29 is 9.26 Å². The van der Waals surface area contributed by atoms with Crippen molar-refractivity contribution in [3.8, 4) is 17.5 Å². The van der Waals surface area contributed by atoms with Gasteiger partial charge in [-0.05, 0) is 50.0 Å². The average molecular weight is 457 g/mol. The molecule has 5 rings (SSSR count). The number of H-pyrrole nitrogens is 1. The lowest BCUT2D eigenvalue weighted by atomic mass is 9.83. The van der Waals surface area contributed by atoms with Crippen molar-refractivity contribution in [2.45, 2.75) is 52.3 Å². The predicted molar refractivity (Wildman–Crippen MR) is 127 cm³/mol. The lowest BCUT2D eigenvalue weighted by molar-refractivity contribution is 0.122. The standard InChI is InChI=1S/C26H28N6O2/c1-15(2)33-24-10-8-18(16(3)22(24)11-27)26-31-25(32-34-26)21-6-4-5-20-19(21)7-9-23(20)29-13-17-12-28-14-30-17/h4-6,8,10,12,14-16,22-23,29H,7,9,13H2,1-3H3,(H,28,30)/t16?,22?,23-/m0/s1. The van der Waals surface area contributed by atoms with Crippen LogP contribution in [0.3, 0.4) is 0 Å². The molecule has 0 amide bonds. The molecule has 1 aromatic carbocycles. The number of rotatable bonds is 7. The van der Waals surface area contributed by atoms with Crippen molar-refractivity contribution in [1.82, 2.24) is 25.4 Å². The third kappa shape index (κ3) is 4.15. The van der Waals surface area contributed by atoms with Gasteiger partial charge in [0.25, 0.3) is 5.89 Å². The summed E-state index contributed by atoms with van der Waals surface area (Å²) < 4.78 is 11.5. The van der Waals surface area contributed by atoms with E-state index in [0.717, 1.165) is 36.2 Å². The Balaban J connectivity index is 1.39. The second kappa shape index (κ2) is 9.27. The molecular weight excluding hydrogens is 428 g/mol. The Morgan fingerprint density at radius 1 is 1.32 bits per heavy atom. The molecule has 2 aliphatic carbocycles. The second-order valence-electron chi connectivity index (χ2n) is 9.10. The summed E-state index contributed by atoms with van der Waals surface area (Å²) in [6.07, 6.45) is 9.29. The number of hydrogen-bond donors (Lipinski definition) is 2. The fourth-order valence-corrected chi connectivity index (χ4v) is 4.82. The van der Waals surface area contributed by atoms with Gasteiger partial charge in [-0.2, -0.15) is 10.2 Å². The van der Waals surface area contributed by atoms with Gasteiger partial charge in [0.05, 0.1) is 18.5 Å². The van der Waals surface area contributed by atoms with E-state index in [-0.39, 0.29) is 24.0 Å². The summed E-state index contributed by atoms with van der Waals surface area (Å²) >= 11 is 0. The molecule has 2 unspecified atom stereocenters. The summed E-state index contributed by atoms with van der Waals surface area (Å²) in [7, 11) is 0. The minimum absolute atomic E-state index is 0.0113. The first-order chi connectivity index (χ1) is 16.5. The van der Waals surface area contributed by atoms with Gasteiger partial charge in [-0.3, -0.25) is 0 Å². The molecule has 3 atom stereocenters. The molecule has 0 saturated heterocycles. The van der Waals surface area contributed by atoms with E-state index in [9.17, 15) is 5.26 Å². The summed E-state index contributed by atoms with van der Waals surface area (Å²) in [4.78, 5) is 12.0. The summed E-state index contributed by atoms with van der Waals surface area (Å²) in [6.45, 7) is 6.65. The molecule has 3 aromatic rings. The number of hydrogen-bond acceptors (Lipinski definition) is 7. The van der Waals surface area contributed by atoms with Gasteiger partial charge in [-0.25, -0.2) is 4.98 Å². The minimum atomic E-state index is -0.388. The number of ether oxygens (including phenoxy) is 1. The van der Waals surface area contributed by atoms with E-state index in [4.69, 9.17) is 14.2 Å². The summed E-state index contributed by atoms with van der Waals surface area (Å²) in [5.41, 5.74) is 5.45. The number of nitriles is 1. The molecular formula is C26H28N6O2. The van der Waals surface area contributed by atoms with Crippen molar-refractivity contribution in [3.63, 3.8) is 0 Å². The first-order valence-electron chi connectivity index (χ1n) is 11.7. The highest BCUT2D eigenvalue weighted by atomic mass is 16.5. The van der Waals surface area contributed by atoms with Gasteiger partial charge >= 0.3 is 0 Å². The van der Waals surface area contributed by atoms with E-state index in [1.165, 1.54) is 11.1 Å². The van der Waals surface area contributed by atoms with E-state index in [1.54, 1.807) is 6.33 Å². The van der Waals surface area contributed by atoms with Crippen LogP contribution in [0.2, 0.25) is 0 Å². The number of aromatic amines is 1. The Bertz CT molecular complexity index is 1260. The van der Waals surface area contributed by atoms with Gasteiger partial charge in [0, 0.05) is 41.5 Å². The van der Waals surface area contributed by atoms with Crippen LogP contribution in [0.4, 0.5) is 0 Å². The first-order valence-corrected chi connectivity index (χ1v) is 11.7. The zero-order chi connectivity index (χ0) is 23.7. The topological polar surface area (TPSA) is 113 Å². The number of allylic oxidation sites excluding steroid dienone is 4. The SMILES string of the molecule is CC(C)OC1=CC=C(c2nc(-c3cccc4c3CC[C@@H]4NCc3cnc[nH]3)no2)C(C)C1C#N. The third-order valence-corrected chi connectivity index (χ3v) is 6.51. The molecule has 0 spiro atoms. The molecule has 8 heteroatoms. The summed E-state index contributed by atoms with van der Waals surface area (Å²) in [5, 5.41) is 17.7. The summed E-state index contributed by atoms with van der Waals surface area (Å²) in [5.74, 6) is 1.21. The Hall–Kier alpha value is -3.70. The molecule has 0 aliphatic heterocycles. The molecule has 2 N–H and O–H groups in total. The lowest BCUT2D eigenvalue weighted by Crippen LogP contribution is -2.21. The van der Waals surface area contributed by atoms with Gasteiger partial charge in [-0.1, -0.05) is 30.3 Å². The van der Waals surface area contributed by atoms with Crippen molar-refractivity contribution in [1.29, 1.82) is 5.26 Å². The van der Waals surface area contributed by atoms with Crippen molar-refractivity contribution in [2.75, 3.05) is 0 Å². The van der Waals surface area contributed by atoms with Gasteiger partial charge in [0.2, 0.25) is 5.82 Å². The second-order valence-corrected chi connectivity index (χ2v) is 9.10. The monoisotopic (exact) mass is 456 g/mol. The van der Waals surface area contributed by atoms with Crippen LogP contribution >= 0.6 is 0 Å². The largest absolute Gasteiger partial charge is 0.494 e. The minimum Gasteiger partial charge on any atom is -0.494 e. The van der Waals surface area contributed by atoms with Crippen molar-refractivity contribution in [3.05, 3.63) is 71.3 Å². The van der Waals surface area contributed by atoms with Crippen LogP contribution in [0.25, 0.3) is 17.0 Å². The van der Waals surface area contributed by atoms with Crippen molar-refractivity contribution >= 4 is 5.57 Å². The Morgan fingerprint density at radius 2 is 2.21 bits per heavy atom. The van der Waals surface area contributed by atoms with E-state index < -0.39 is 0 Å². The lowest BCUT2D eigenvalue weighted by Gasteiger charge is -2.26. The van der Waals surface area contributed by atoms with Crippen molar-refractivity contribution in [2.24, 2.45) is 11.8 Å². The molecule has 0 saturated carbocycles. The molecule has 174 valence electrons. The van der Waals surface area contributed by atoms with Crippen LogP contribution in [0.1, 0.15) is 55.9 Å². The van der Waals surface area contributed by atoms with Gasteiger partial charge in [-0.15, -0.1) is 0 Å². The van der Waals surface area contributed by atoms with Crippen LogP contribution in [-0.2, 0) is 17.7 Å². The van der Waals surface area contributed by atoms with Crippen LogP contribution in [0.5, 0.6) is 0 Å². The zero-order valence-corrected chi connectivity index (χ0v) is 19.6. The fraction of sp³-hybridized carbons (Fsp3) is 0.385. The molecule has 0 bridgehead atoms. The molecule has 2 aromatic heterocycles. The third-order valence-electron chi connectivity index (χ3n) is 6.51. The highest BCUT2D eigenvalue weighted by Gasteiger charge is 2.33. The number of imidazole rings is 1. The number of nitrogens with one attached hydrogen (secondary N) is 2. The van der Waals surface area contributed by atoms with E-state index in [2.05, 4.69) is 38.6 Å². The number of aromatic nitrogens is 4. The molecule has 8 nitrogen and oxygen atoms in total. The van der Waals surface area contributed by atoms with E-state index in [1.807, 2.05) is 45.2 Å². The highest BCUT2D eigenvalue weighted by molar-refractivity contribution is 5.69. The number of nitrogens with zero attached hydrogens (tertiary/aromatic N) is 4. The number of benzene rings is 1. The quantitative estimate of drug-likeness (QED) is 0.529. The number of fused-ring (bicyclic) bond motifs is 1. The van der Waals surface area contributed by atoms with E-state index >= 15 is 0 Å². The molecule has 0 radical (unpaired) electrons. The highest BCUT2D eigenvalue weighted by Crippen LogP contribution is 2.40. The first kappa shape index (κ1) is 22.1. The Labute approximate surface area is 198 Å². The van der Waals surface area contributed by atoms with Crippen LogP contribution in [-0.4, -0.2) is 26.2 Å². The Morgan fingerprint density at radius 3 is 2.97 bits per heavy atom. The van der Waals surface area contributed by atoms with Gasteiger partial charge in [0.1, 0.15) is 11.7 Å². The molecule has 2 aliphatic rings. The summed E-state index contributed by atoms with van der Waals surface area (Å²) in [6, 6.07) is 8.91. The van der Waals surface area contributed by atoms with E-state index in [0.29, 0.717) is 17.5 Å². The maximum atomic E-state index is 9.75. The van der Waals surface area contributed by atoms with Crippen LogP contribution < -0.4 is 5.32 Å². The van der Waals surface area contributed by atoms with Gasteiger partial charge in [0.15, 0.2) is 0 Å². The fourth-order valence-electron chi connectivity index (χ4n) is 4.82. The maximum Gasteiger partial charge on any atom is 0.254 e. The molecule has 34 heavy (non-hydrogen) atoms.